The summed E-state index contributed by atoms with van der Waals surface area (Å²) in [5.74, 6) is 0.821. The first-order valence-electron chi connectivity index (χ1n) is 5.99. The van der Waals surface area contributed by atoms with E-state index in [-0.39, 0.29) is 11.5 Å². The minimum atomic E-state index is -0.413. The standard InChI is InChI=1S/C14H19BrO2/c1-14(2,3)8-10-7-12(16)11-6-9(15)4-5-13(11)17-10/h4-6,10,12,16H,7-8H2,1-3H3/t10?,12-/m0/s1. The fourth-order valence-electron chi connectivity index (χ4n) is 2.30. The highest BCUT2D eigenvalue weighted by Crippen LogP contribution is 2.39. The molecule has 1 N–H and O–H groups in total. The maximum absolute atomic E-state index is 10.2. The third-order valence-electron chi connectivity index (χ3n) is 2.95. The van der Waals surface area contributed by atoms with E-state index in [1.807, 2.05) is 18.2 Å². The lowest BCUT2D eigenvalue weighted by atomic mass is 9.85. The molecule has 2 rings (SSSR count). The highest BCUT2D eigenvalue weighted by atomic mass is 79.9. The van der Waals surface area contributed by atoms with Gasteiger partial charge in [0.25, 0.3) is 0 Å². The van der Waals surface area contributed by atoms with Gasteiger partial charge >= 0.3 is 0 Å². The Hall–Kier alpha value is -0.540. The molecule has 0 aromatic heterocycles. The molecule has 0 saturated heterocycles. The van der Waals surface area contributed by atoms with Crippen LogP contribution in [0.4, 0.5) is 0 Å². The predicted octanol–water partition coefficient (Wildman–Crippen LogP) is 4.07. The molecule has 1 aromatic rings. The topological polar surface area (TPSA) is 29.5 Å². The molecule has 1 unspecified atom stereocenters. The summed E-state index contributed by atoms with van der Waals surface area (Å²) >= 11 is 3.42. The van der Waals surface area contributed by atoms with Gasteiger partial charge in [0.2, 0.25) is 0 Å². The van der Waals surface area contributed by atoms with Crippen LogP contribution in [0.3, 0.4) is 0 Å². The van der Waals surface area contributed by atoms with Gasteiger partial charge in [0.15, 0.2) is 0 Å². The van der Waals surface area contributed by atoms with Crippen LogP contribution in [0.5, 0.6) is 5.75 Å². The summed E-state index contributed by atoms with van der Waals surface area (Å²) in [5.41, 5.74) is 1.11. The van der Waals surface area contributed by atoms with Crippen molar-refractivity contribution in [1.82, 2.24) is 0 Å². The first-order valence-corrected chi connectivity index (χ1v) is 6.79. The minimum absolute atomic E-state index is 0.110. The summed E-state index contributed by atoms with van der Waals surface area (Å²) in [5, 5.41) is 10.2. The zero-order valence-corrected chi connectivity index (χ0v) is 12.1. The molecule has 0 aliphatic carbocycles. The molecule has 0 radical (unpaired) electrons. The number of hydrogen-bond acceptors (Lipinski definition) is 2. The monoisotopic (exact) mass is 298 g/mol. The van der Waals surface area contributed by atoms with Gasteiger partial charge in [-0.3, -0.25) is 0 Å². The fourth-order valence-corrected chi connectivity index (χ4v) is 2.68. The van der Waals surface area contributed by atoms with Gasteiger partial charge in [0.1, 0.15) is 11.9 Å². The molecule has 94 valence electrons. The van der Waals surface area contributed by atoms with E-state index in [4.69, 9.17) is 4.74 Å². The van der Waals surface area contributed by atoms with Crippen LogP contribution in [-0.2, 0) is 0 Å². The van der Waals surface area contributed by atoms with Crippen LogP contribution in [-0.4, -0.2) is 11.2 Å². The Bertz CT molecular complexity index is 409. The summed E-state index contributed by atoms with van der Waals surface area (Å²) in [6.45, 7) is 6.58. The van der Waals surface area contributed by atoms with Crippen molar-refractivity contribution in [2.45, 2.75) is 45.8 Å². The number of rotatable bonds is 1. The lowest BCUT2D eigenvalue weighted by Crippen LogP contribution is -2.29. The van der Waals surface area contributed by atoms with Crippen molar-refractivity contribution in [3.05, 3.63) is 28.2 Å². The maximum Gasteiger partial charge on any atom is 0.125 e. The second-order valence-corrected chi connectivity index (χ2v) is 6.85. The molecule has 1 aliphatic heterocycles. The zero-order chi connectivity index (χ0) is 12.6. The Morgan fingerprint density at radius 2 is 2.12 bits per heavy atom. The van der Waals surface area contributed by atoms with E-state index in [9.17, 15) is 5.11 Å². The number of hydrogen-bond donors (Lipinski definition) is 1. The van der Waals surface area contributed by atoms with Gasteiger partial charge in [-0.15, -0.1) is 0 Å². The summed E-state index contributed by atoms with van der Waals surface area (Å²) in [4.78, 5) is 0. The van der Waals surface area contributed by atoms with Crippen molar-refractivity contribution >= 4 is 15.9 Å². The summed E-state index contributed by atoms with van der Waals surface area (Å²) in [6.07, 6.45) is 1.34. The van der Waals surface area contributed by atoms with E-state index >= 15 is 0 Å². The van der Waals surface area contributed by atoms with Crippen molar-refractivity contribution in [2.24, 2.45) is 5.41 Å². The molecule has 0 amide bonds. The quantitative estimate of drug-likeness (QED) is 0.847. The van der Waals surface area contributed by atoms with E-state index in [2.05, 4.69) is 36.7 Å². The fraction of sp³-hybridized carbons (Fsp3) is 0.571. The highest BCUT2D eigenvalue weighted by Gasteiger charge is 2.29. The van der Waals surface area contributed by atoms with Crippen molar-refractivity contribution in [3.63, 3.8) is 0 Å². The summed E-state index contributed by atoms with van der Waals surface area (Å²) in [6, 6.07) is 5.82. The molecule has 3 heteroatoms. The first kappa shape index (κ1) is 12.9. The van der Waals surface area contributed by atoms with Crippen LogP contribution in [0.2, 0.25) is 0 Å². The van der Waals surface area contributed by atoms with E-state index in [0.29, 0.717) is 6.42 Å². The van der Waals surface area contributed by atoms with Gasteiger partial charge in [-0.2, -0.15) is 0 Å². The van der Waals surface area contributed by atoms with Crippen LogP contribution < -0.4 is 4.74 Å². The lowest BCUT2D eigenvalue weighted by molar-refractivity contribution is 0.0447. The zero-order valence-electron chi connectivity index (χ0n) is 10.5. The van der Waals surface area contributed by atoms with E-state index in [1.54, 1.807) is 0 Å². The van der Waals surface area contributed by atoms with Crippen LogP contribution in [0.25, 0.3) is 0 Å². The minimum Gasteiger partial charge on any atom is -0.490 e. The molecular weight excluding hydrogens is 280 g/mol. The number of aliphatic hydroxyl groups is 1. The number of fused-ring (bicyclic) bond motifs is 1. The van der Waals surface area contributed by atoms with Gasteiger partial charge in [0.05, 0.1) is 6.10 Å². The number of halogens is 1. The van der Waals surface area contributed by atoms with E-state index < -0.39 is 6.10 Å². The molecule has 1 heterocycles. The lowest BCUT2D eigenvalue weighted by Gasteiger charge is -2.33. The SMILES string of the molecule is CC(C)(C)CC1C[C@H](O)c2cc(Br)ccc2O1. The molecule has 1 aromatic carbocycles. The second kappa shape index (κ2) is 4.62. The van der Waals surface area contributed by atoms with Gasteiger partial charge in [-0.25, -0.2) is 0 Å². The first-order chi connectivity index (χ1) is 7.85. The van der Waals surface area contributed by atoms with Crippen molar-refractivity contribution in [3.8, 4) is 5.75 Å². The van der Waals surface area contributed by atoms with Crippen LogP contribution >= 0.6 is 15.9 Å². The largest absolute Gasteiger partial charge is 0.490 e. The molecule has 0 bridgehead atoms. The molecule has 2 nitrogen and oxygen atoms in total. The van der Waals surface area contributed by atoms with Crippen LogP contribution in [0.1, 0.15) is 45.3 Å². The van der Waals surface area contributed by atoms with Crippen LogP contribution in [0.15, 0.2) is 22.7 Å². The average molecular weight is 299 g/mol. The number of benzene rings is 1. The maximum atomic E-state index is 10.2. The molecule has 0 saturated carbocycles. The third kappa shape index (κ3) is 3.23. The van der Waals surface area contributed by atoms with E-state index in [1.165, 1.54) is 0 Å². The molecule has 1 aliphatic rings. The number of aliphatic hydroxyl groups excluding tert-OH is 1. The van der Waals surface area contributed by atoms with Crippen molar-refractivity contribution in [1.29, 1.82) is 0 Å². The Morgan fingerprint density at radius 1 is 1.41 bits per heavy atom. The summed E-state index contributed by atoms with van der Waals surface area (Å²) in [7, 11) is 0. The summed E-state index contributed by atoms with van der Waals surface area (Å²) < 4.78 is 6.93. The molecule has 0 spiro atoms. The molecule has 17 heavy (non-hydrogen) atoms. The normalized spacial score (nSPS) is 24.1. The molecule has 2 atom stereocenters. The third-order valence-corrected chi connectivity index (χ3v) is 3.44. The van der Waals surface area contributed by atoms with Gasteiger partial charge in [0, 0.05) is 16.5 Å². The van der Waals surface area contributed by atoms with Crippen molar-refractivity contribution < 1.29 is 9.84 Å². The highest BCUT2D eigenvalue weighted by molar-refractivity contribution is 9.10. The van der Waals surface area contributed by atoms with E-state index in [0.717, 1.165) is 22.2 Å². The Morgan fingerprint density at radius 3 is 2.76 bits per heavy atom. The Balaban J connectivity index is 2.19. The average Bonchev–Trinajstić information content (AvgIpc) is 2.17. The smallest absolute Gasteiger partial charge is 0.125 e. The van der Waals surface area contributed by atoms with Crippen molar-refractivity contribution in [2.75, 3.05) is 0 Å². The van der Waals surface area contributed by atoms with Gasteiger partial charge in [-0.05, 0) is 30.0 Å². The Kier molecular flexibility index (Phi) is 3.50. The number of ether oxygens (including phenoxy) is 1. The van der Waals surface area contributed by atoms with Gasteiger partial charge in [-0.1, -0.05) is 36.7 Å². The predicted molar refractivity (Wildman–Crippen MR) is 72.2 cm³/mol. The van der Waals surface area contributed by atoms with Gasteiger partial charge < -0.3 is 9.84 Å². The second-order valence-electron chi connectivity index (χ2n) is 5.94. The Labute approximate surface area is 111 Å². The van der Waals surface area contributed by atoms with Crippen LogP contribution in [0, 0.1) is 5.41 Å². The molecular formula is C14H19BrO2. The molecule has 0 fully saturated rings.